The number of hydrogen-bond donors (Lipinski definition) is 1. The van der Waals surface area contributed by atoms with E-state index in [0.29, 0.717) is 0 Å². The van der Waals surface area contributed by atoms with Crippen LogP contribution in [0.4, 0.5) is 0 Å². The molecule has 1 atom stereocenters. The molecule has 1 fully saturated rings. The highest BCUT2D eigenvalue weighted by Crippen LogP contribution is 2.21. The quantitative estimate of drug-likeness (QED) is 0.769. The predicted molar refractivity (Wildman–Crippen MR) is 57.2 cm³/mol. The summed E-state index contributed by atoms with van der Waals surface area (Å²) in [7, 11) is 1.77. The monoisotopic (exact) mass is 191 g/mol. The largest absolute Gasteiger partial charge is 0.375 e. The summed E-state index contributed by atoms with van der Waals surface area (Å²) in [5.74, 6) is 0. The van der Waals surface area contributed by atoms with Crippen LogP contribution in [0.1, 0.15) is 24.5 Å². The number of methoxy groups -OCH3 is 1. The molecule has 14 heavy (non-hydrogen) atoms. The molecule has 1 unspecified atom stereocenters. The first-order chi connectivity index (χ1) is 6.90. The maximum absolute atomic E-state index is 5.45. The average Bonchev–Trinajstić information content (AvgIpc) is 3.04. The van der Waals surface area contributed by atoms with Crippen molar-refractivity contribution in [1.82, 2.24) is 5.32 Å². The predicted octanol–water partition coefficient (Wildman–Crippen LogP) is 2.13. The van der Waals surface area contributed by atoms with Crippen LogP contribution in [0.15, 0.2) is 30.3 Å². The van der Waals surface area contributed by atoms with Gasteiger partial charge in [0.25, 0.3) is 0 Å². The molecule has 0 radical (unpaired) electrons. The highest BCUT2D eigenvalue weighted by molar-refractivity contribution is 5.17. The third-order valence-electron chi connectivity index (χ3n) is 2.63. The van der Waals surface area contributed by atoms with Crippen molar-refractivity contribution >= 4 is 0 Å². The fraction of sp³-hybridized carbons (Fsp3) is 0.500. The summed E-state index contributed by atoms with van der Waals surface area (Å²) in [5.41, 5.74) is 1.25. The van der Waals surface area contributed by atoms with E-state index in [1.165, 1.54) is 18.4 Å². The topological polar surface area (TPSA) is 21.3 Å². The molecule has 0 aromatic heterocycles. The van der Waals surface area contributed by atoms with Crippen molar-refractivity contribution in [3.63, 3.8) is 0 Å². The first kappa shape index (κ1) is 9.69. The second-order valence-electron chi connectivity index (χ2n) is 3.82. The molecule has 1 N–H and O–H groups in total. The van der Waals surface area contributed by atoms with Crippen LogP contribution in [-0.4, -0.2) is 19.7 Å². The molecule has 1 aromatic carbocycles. The normalized spacial score (nSPS) is 18.1. The summed E-state index contributed by atoms with van der Waals surface area (Å²) in [6.07, 6.45) is 2.84. The highest BCUT2D eigenvalue weighted by atomic mass is 16.5. The van der Waals surface area contributed by atoms with Gasteiger partial charge in [0.2, 0.25) is 0 Å². The number of nitrogens with one attached hydrogen (secondary N) is 1. The first-order valence-corrected chi connectivity index (χ1v) is 5.21. The lowest BCUT2D eigenvalue weighted by Crippen LogP contribution is -2.24. The highest BCUT2D eigenvalue weighted by Gasteiger charge is 2.22. The second-order valence-corrected chi connectivity index (χ2v) is 3.82. The van der Waals surface area contributed by atoms with Crippen LogP contribution >= 0.6 is 0 Å². The summed E-state index contributed by atoms with van der Waals surface area (Å²) in [6, 6.07) is 11.1. The molecule has 2 nitrogen and oxygen atoms in total. The number of benzene rings is 1. The Hall–Kier alpha value is -0.860. The first-order valence-electron chi connectivity index (χ1n) is 5.21. The summed E-state index contributed by atoms with van der Waals surface area (Å²) in [5, 5.41) is 3.48. The Kier molecular flexibility index (Phi) is 3.17. The Morgan fingerprint density at radius 1 is 1.36 bits per heavy atom. The van der Waals surface area contributed by atoms with Gasteiger partial charge in [-0.15, -0.1) is 0 Å². The minimum atomic E-state index is 0.191. The Morgan fingerprint density at radius 3 is 2.64 bits per heavy atom. The van der Waals surface area contributed by atoms with E-state index in [4.69, 9.17) is 4.74 Å². The lowest BCUT2D eigenvalue weighted by Gasteiger charge is -2.16. The molecular formula is C12H17NO. The molecule has 1 aliphatic carbocycles. The van der Waals surface area contributed by atoms with E-state index >= 15 is 0 Å². The third kappa shape index (κ3) is 2.56. The SMILES string of the molecule is COC(CNC1CC1)c1ccccc1. The Balaban J connectivity index is 1.90. The van der Waals surface area contributed by atoms with Crippen LogP contribution in [0.5, 0.6) is 0 Å². The molecule has 76 valence electrons. The van der Waals surface area contributed by atoms with Gasteiger partial charge >= 0.3 is 0 Å². The summed E-state index contributed by atoms with van der Waals surface area (Å²) in [4.78, 5) is 0. The van der Waals surface area contributed by atoms with Gasteiger partial charge in [-0.3, -0.25) is 0 Å². The molecule has 0 saturated heterocycles. The molecule has 1 aliphatic rings. The van der Waals surface area contributed by atoms with E-state index < -0.39 is 0 Å². The van der Waals surface area contributed by atoms with E-state index in [1.807, 2.05) is 6.07 Å². The van der Waals surface area contributed by atoms with E-state index in [9.17, 15) is 0 Å². The van der Waals surface area contributed by atoms with Crippen molar-refractivity contribution in [3.8, 4) is 0 Å². The Labute approximate surface area is 85.3 Å². The van der Waals surface area contributed by atoms with Gasteiger partial charge in [-0.1, -0.05) is 30.3 Å². The summed E-state index contributed by atoms with van der Waals surface area (Å²) < 4.78 is 5.45. The van der Waals surface area contributed by atoms with Crippen LogP contribution in [-0.2, 0) is 4.74 Å². The maximum atomic E-state index is 5.45. The van der Waals surface area contributed by atoms with Crippen molar-refractivity contribution in [2.24, 2.45) is 0 Å². The van der Waals surface area contributed by atoms with E-state index in [0.717, 1.165) is 12.6 Å². The minimum absolute atomic E-state index is 0.191. The second kappa shape index (κ2) is 4.58. The Bertz CT molecular complexity index is 269. The zero-order valence-corrected chi connectivity index (χ0v) is 8.57. The van der Waals surface area contributed by atoms with Crippen LogP contribution in [0, 0.1) is 0 Å². The van der Waals surface area contributed by atoms with Gasteiger partial charge in [-0.05, 0) is 18.4 Å². The molecule has 0 aliphatic heterocycles. The molecule has 0 heterocycles. The lowest BCUT2D eigenvalue weighted by atomic mass is 10.1. The average molecular weight is 191 g/mol. The fourth-order valence-electron chi connectivity index (χ4n) is 1.57. The third-order valence-corrected chi connectivity index (χ3v) is 2.63. The molecule has 2 heteroatoms. The molecule has 1 aromatic rings. The van der Waals surface area contributed by atoms with Gasteiger partial charge in [-0.2, -0.15) is 0 Å². The zero-order valence-electron chi connectivity index (χ0n) is 8.57. The molecule has 0 amide bonds. The molecule has 2 rings (SSSR count). The van der Waals surface area contributed by atoms with Crippen molar-refractivity contribution in [3.05, 3.63) is 35.9 Å². The lowest BCUT2D eigenvalue weighted by molar-refractivity contribution is 0.102. The van der Waals surface area contributed by atoms with E-state index in [2.05, 4.69) is 29.6 Å². The van der Waals surface area contributed by atoms with Crippen LogP contribution in [0.25, 0.3) is 0 Å². The van der Waals surface area contributed by atoms with Gasteiger partial charge in [-0.25, -0.2) is 0 Å². The van der Waals surface area contributed by atoms with Crippen LogP contribution in [0.3, 0.4) is 0 Å². The van der Waals surface area contributed by atoms with E-state index in [-0.39, 0.29) is 6.10 Å². The van der Waals surface area contributed by atoms with Crippen molar-refractivity contribution in [2.45, 2.75) is 25.0 Å². The standard InChI is InChI=1S/C12H17NO/c1-14-12(9-13-11-7-8-11)10-5-3-2-4-6-10/h2-6,11-13H,7-9H2,1H3. The number of rotatable bonds is 5. The van der Waals surface area contributed by atoms with Gasteiger partial charge in [0.15, 0.2) is 0 Å². The minimum Gasteiger partial charge on any atom is -0.375 e. The van der Waals surface area contributed by atoms with E-state index in [1.54, 1.807) is 7.11 Å². The Morgan fingerprint density at radius 2 is 2.07 bits per heavy atom. The molecule has 0 bridgehead atoms. The maximum Gasteiger partial charge on any atom is 0.0945 e. The number of hydrogen-bond acceptors (Lipinski definition) is 2. The molecule has 1 saturated carbocycles. The van der Waals surface area contributed by atoms with Gasteiger partial charge in [0.05, 0.1) is 6.10 Å². The molecule has 0 spiro atoms. The van der Waals surface area contributed by atoms with Gasteiger partial charge in [0, 0.05) is 19.7 Å². The summed E-state index contributed by atoms with van der Waals surface area (Å²) in [6.45, 7) is 0.922. The van der Waals surface area contributed by atoms with Gasteiger partial charge in [0.1, 0.15) is 0 Å². The smallest absolute Gasteiger partial charge is 0.0945 e. The van der Waals surface area contributed by atoms with Gasteiger partial charge < -0.3 is 10.1 Å². The fourth-order valence-corrected chi connectivity index (χ4v) is 1.57. The summed E-state index contributed by atoms with van der Waals surface area (Å²) >= 11 is 0. The van der Waals surface area contributed by atoms with Crippen LogP contribution in [0.2, 0.25) is 0 Å². The van der Waals surface area contributed by atoms with Crippen molar-refractivity contribution < 1.29 is 4.74 Å². The molecular weight excluding hydrogens is 174 g/mol. The van der Waals surface area contributed by atoms with Crippen LogP contribution < -0.4 is 5.32 Å². The number of ether oxygens (including phenoxy) is 1. The van der Waals surface area contributed by atoms with Crippen molar-refractivity contribution in [1.29, 1.82) is 0 Å². The van der Waals surface area contributed by atoms with Crippen molar-refractivity contribution in [2.75, 3.05) is 13.7 Å². The zero-order chi connectivity index (χ0) is 9.80.